The van der Waals surface area contributed by atoms with E-state index in [1.807, 2.05) is 0 Å². The number of unbranched alkanes of at least 4 members (excludes halogenated alkanes) is 28. The van der Waals surface area contributed by atoms with Gasteiger partial charge >= 0.3 is 19.8 Å². The second-order valence-corrected chi connectivity index (χ2v) is 17.4. The number of ether oxygens (including phenoxy) is 1. The smallest absolute Gasteiger partial charge is 0.472 e. The van der Waals surface area contributed by atoms with Crippen LogP contribution in [0.3, 0.4) is 0 Å². The molecule has 0 aliphatic carbocycles. The summed E-state index contributed by atoms with van der Waals surface area (Å²) in [7, 11) is -4.75. The van der Waals surface area contributed by atoms with Crippen molar-refractivity contribution in [1.29, 1.82) is 0 Å². The van der Waals surface area contributed by atoms with Crippen molar-refractivity contribution < 1.29 is 47.8 Å². The fourth-order valence-corrected chi connectivity index (χ4v) is 7.44. The fourth-order valence-electron chi connectivity index (χ4n) is 6.66. The van der Waals surface area contributed by atoms with Crippen molar-refractivity contribution in [3.63, 3.8) is 0 Å². The van der Waals surface area contributed by atoms with Gasteiger partial charge in [-0.1, -0.05) is 187 Å². The molecule has 0 aromatic carbocycles. The van der Waals surface area contributed by atoms with E-state index in [9.17, 15) is 34.1 Å². The zero-order valence-corrected chi connectivity index (χ0v) is 37.3. The molecule has 0 fully saturated rings. The van der Waals surface area contributed by atoms with Crippen LogP contribution in [-0.2, 0) is 32.7 Å². The molecule has 0 aromatic heterocycles. The van der Waals surface area contributed by atoms with Crippen molar-refractivity contribution in [3.05, 3.63) is 12.2 Å². The van der Waals surface area contributed by atoms with Crippen molar-refractivity contribution in [2.75, 3.05) is 19.8 Å². The highest BCUT2D eigenvalue weighted by Crippen LogP contribution is 2.43. The number of allylic oxidation sites excluding steroid dienone is 2. The summed E-state index contributed by atoms with van der Waals surface area (Å²) in [4.78, 5) is 45.9. The molecule has 11 nitrogen and oxygen atoms in total. The molecule has 0 rings (SSSR count). The van der Waals surface area contributed by atoms with Gasteiger partial charge in [-0.2, -0.15) is 0 Å². The first-order chi connectivity index (χ1) is 27.6. The highest BCUT2D eigenvalue weighted by Gasteiger charge is 2.28. The van der Waals surface area contributed by atoms with Crippen LogP contribution in [0.1, 0.15) is 226 Å². The Balaban J connectivity index is 3.85. The summed E-state index contributed by atoms with van der Waals surface area (Å²) < 4.78 is 26.9. The molecule has 0 heterocycles. The standard InChI is InChI=1S/C45H86NO10P/c1-3-5-7-9-11-13-15-17-19-20-21-23-25-27-29-31-33-35-37-44(49)54-38-41(47)39-55-57(52,53)56-40-42(45(50)51)46-43(48)36-34-32-30-28-26-24-22-18-16-14-12-10-8-6-4-2/h18,22,41-42,47H,3-17,19-21,23-40H2,1-2H3,(H,46,48)(H,50,51)(H,52,53)/b22-18-. The predicted molar refractivity (Wildman–Crippen MR) is 231 cm³/mol. The molecule has 0 bridgehead atoms. The highest BCUT2D eigenvalue weighted by atomic mass is 31.2. The Morgan fingerprint density at radius 3 is 1.33 bits per heavy atom. The molecule has 0 aliphatic rings. The maximum atomic E-state index is 12.3. The lowest BCUT2D eigenvalue weighted by Crippen LogP contribution is -2.43. The minimum Gasteiger partial charge on any atom is -0.480 e. The molecule has 0 aromatic rings. The van der Waals surface area contributed by atoms with Crippen LogP contribution in [0, 0.1) is 0 Å². The summed E-state index contributed by atoms with van der Waals surface area (Å²) in [6, 6.07) is -1.55. The first kappa shape index (κ1) is 55.2. The molecule has 0 spiro atoms. The van der Waals surface area contributed by atoms with E-state index in [1.54, 1.807) is 0 Å². The molecule has 0 radical (unpaired) electrons. The first-order valence-electron chi connectivity index (χ1n) is 23.2. The Morgan fingerprint density at radius 2 is 0.912 bits per heavy atom. The van der Waals surface area contributed by atoms with E-state index in [4.69, 9.17) is 13.8 Å². The number of amides is 1. The van der Waals surface area contributed by atoms with Gasteiger partial charge in [0.15, 0.2) is 6.04 Å². The van der Waals surface area contributed by atoms with Crippen molar-refractivity contribution in [3.8, 4) is 0 Å². The summed E-state index contributed by atoms with van der Waals surface area (Å²) in [5.74, 6) is -2.37. The van der Waals surface area contributed by atoms with Gasteiger partial charge in [-0.15, -0.1) is 0 Å². The van der Waals surface area contributed by atoms with Crippen LogP contribution >= 0.6 is 7.82 Å². The Labute approximate surface area is 347 Å². The lowest BCUT2D eigenvalue weighted by atomic mass is 10.0. The predicted octanol–water partition coefficient (Wildman–Crippen LogP) is 12.1. The number of hydrogen-bond donors (Lipinski definition) is 4. The van der Waals surface area contributed by atoms with Crippen LogP contribution in [0.2, 0.25) is 0 Å². The van der Waals surface area contributed by atoms with Gasteiger partial charge in [0.2, 0.25) is 5.91 Å². The van der Waals surface area contributed by atoms with E-state index >= 15 is 0 Å². The average molecular weight is 832 g/mol. The maximum absolute atomic E-state index is 12.3. The average Bonchev–Trinajstić information content (AvgIpc) is 3.18. The molecule has 4 N–H and O–H groups in total. The SMILES string of the molecule is CCCCCCCC/C=C\CCCCCCCC(=O)NC(COP(=O)(O)OCC(O)COC(=O)CCCCCCCCCCCCCCCCCCCC)C(=O)O. The normalized spacial score (nSPS) is 13.8. The van der Waals surface area contributed by atoms with Crippen LogP contribution in [-0.4, -0.2) is 64.9 Å². The van der Waals surface area contributed by atoms with E-state index in [-0.39, 0.29) is 12.8 Å². The molecule has 12 heteroatoms. The molecule has 1 amide bonds. The van der Waals surface area contributed by atoms with Crippen LogP contribution in [0.5, 0.6) is 0 Å². The lowest BCUT2D eigenvalue weighted by molar-refractivity contribution is -0.147. The maximum Gasteiger partial charge on any atom is 0.472 e. The lowest BCUT2D eigenvalue weighted by Gasteiger charge is -2.18. The number of carbonyl (C=O) groups excluding carboxylic acids is 2. The van der Waals surface area contributed by atoms with Crippen molar-refractivity contribution in [2.24, 2.45) is 0 Å². The Morgan fingerprint density at radius 1 is 0.544 bits per heavy atom. The molecular weight excluding hydrogens is 745 g/mol. The number of aliphatic hydroxyl groups excluding tert-OH is 1. The van der Waals surface area contributed by atoms with Gasteiger partial charge in [0.25, 0.3) is 0 Å². The first-order valence-corrected chi connectivity index (χ1v) is 24.7. The number of aliphatic hydroxyl groups is 1. The summed E-state index contributed by atoms with van der Waals surface area (Å²) in [6.07, 6.45) is 40.9. The number of carboxylic acids is 1. The number of nitrogens with one attached hydrogen (secondary N) is 1. The number of carboxylic acid groups (broad SMARTS) is 1. The number of phosphoric acid groups is 1. The van der Waals surface area contributed by atoms with Gasteiger partial charge in [0.1, 0.15) is 12.7 Å². The van der Waals surface area contributed by atoms with E-state index in [1.165, 1.54) is 128 Å². The molecule has 0 saturated heterocycles. The number of aliphatic carboxylic acids is 1. The quantitative estimate of drug-likeness (QED) is 0.0201. The zero-order valence-electron chi connectivity index (χ0n) is 36.4. The van der Waals surface area contributed by atoms with E-state index < -0.39 is 57.6 Å². The molecule has 3 unspecified atom stereocenters. The Bertz CT molecular complexity index is 1030. The van der Waals surface area contributed by atoms with Gasteiger partial charge < -0.3 is 25.2 Å². The third kappa shape index (κ3) is 40.8. The van der Waals surface area contributed by atoms with Crippen LogP contribution in [0.25, 0.3) is 0 Å². The van der Waals surface area contributed by atoms with E-state index in [2.05, 4.69) is 31.3 Å². The number of hydrogen-bond acceptors (Lipinski definition) is 8. The van der Waals surface area contributed by atoms with Crippen molar-refractivity contribution in [2.45, 2.75) is 238 Å². The highest BCUT2D eigenvalue weighted by molar-refractivity contribution is 7.47. The van der Waals surface area contributed by atoms with Crippen molar-refractivity contribution >= 4 is 25.7 Å². The third-order valence-electron chi connectivity index (χ3n) is 10.3. The number of esters is 1. The van der Waals surface area contributed by atoms with Gasteiger partial charge in [0.05, 0.1) is 13.2 Å². The van der Waals surface area contributed by atoms with E-state index in [0.29, 0.717) is 12.8 Å². The number of rotatable bonds is 44. The molecule has 336 valence electrons. The van der Waals surface area contributed by atoms with Gasteiger partial charge in [-0.3, -0.25) is 18.6 Å². The summed E-state index contributed by atoms with van der Waals surface area (Å²) in [6.45, 7) is 2.61. The minimum absolute atomic E-state index is 0.139. The van der Waals surface area contributed by atoms with E-state index in [0.717, 1.165) is 57.8 Å². The van der Waals surface area contributed by atoms with Gasteiger partial charge in [0, 0.05) is 12.8 Å². The summed E-state index contributed by atoms with van der Waals surface area (Å²) in [5.41, 5.74) is 0. The number of carbonyl (C=O) groups is 3. The summed E-state index contributed by atoms with van der Waals surface area (Å²) in [5, 5.41) is 21.8. The Hall–Kier alpha value is -1.78. The van der Waals surface area contributed by atoms with Crippen LogP contribution in [0.15, 0.2) is 12.2 Å². The molecule has 0 aliphatic heterocycles. The molecule has 57 heavy (non-hydrogen) atoms. The second-order valence-electron chi connectivity index (χ2n) is 15.9. The topological polar surface area (TPSA) is 169 Å². The minimum atomic E-state index is -4.75. The summed E-state index contributed by atoms with van der Waals surface area (Å²) >= 11 is 0. The van der Waals surface area contributed by atoms with Crippen LogP contribution < -0.4 is 5.32 Å². The van der Waals surface area contributed by atoms with Gasteiger partial charge in [-0.25, -0.2) is 9.36 Å². The molecular formula is C45H86NO10P. The second kappa shape index (κ2) is 41.0. The number of phosphoric ester groups is 1. The fraction of sp³-hybridized carbons (Fsp3) is 0.889. The largest absolute Gasteiger partial charge is 0.480 e. The monoisotopic (exact) mass is 832 g/mol. The third-order valence-corrected chi connectivity index (χ3v) is 11.3. The zero-order chi connectivity index (χ0) is 42.1. The van der Waals surface area contributed by atoms with Gasteiger partial charge in [-0.05, 0) is 38.5 Å². The molecule has 0 saturated carbocycles. The van der Waals surface area contributed by atoms with Crippen LogP contribution in [0.4, 0.5) is 0 Å². The molecule has 3 atom stereocenters. The Kier molecular flexibility index (Phi) is 39.7. The van der Waals surface area contributed by atoms with Crippen molar-refractivity contribution in [1.82, 2.24) is 5.32 Å².